The van der Waals surface area contributed by atoms with Gasteiger partial charge in [0.2, 0.25) is 5.91 Å². The number of methoxy groups -OCH3 is 1. The van der Waals surface area contributed by atoms with Gasteiger partial charge >= 0.3 is 6.03 Å². The Morgan fingerprint density at radius 3 is 2.52 bits per heavy atom. The van der Waals surface area contributed by atoms with Crippen molar-refractivity contribution in [3.05, 3.63) is 59.7 Å². The molecule has 0 spiro atoms. The largest absolute Gasteiger partial charge is 0.497 e. The van der Waals surface area contributed by atoms with Gasteiger partial charge < -0.3 is 15.4 Å². The number of urea groups is 1. The fourth-order valence-corrected chi connectivity index (χ4v) is 2.54. The number of amides is 4. The summed E-state index contributed by atoms with van der Waals surface area (Å²) in [5.74, 6) is 0.0696. The first-order valence-corrected chi connectivity index (χ1v) is 7.70. The minimum Gasteiger partial charge on any atom is -0.497 e. The molecule has 1 heterocycles. The highest BCUT2D eigenvalue weighted by atomic mass is 16.5. The third-order valence-corrected chi connectivity index (χ3v) is 3.88. The number of rotatable bonds is 5. The third-order valence-electron chi connectivity index (χ3n) is 3.88. The Morgan fingerprint density at radius 1 is 1.16 bits per heavy atom. The molecule has 1 saturated heterocycles. The van der Waals surface area contributed by atoms with E-state index in [9.17, 15) is 14.4 Å². The average molecular weight is 339 g/mol. The molecule has 0 aromatic heterocycles. The molecular formula is C18H17N3O4. The lowest BCUT2D eigenvalue weighted by Gasteiger charge is -2.15. The van der Waals surface area contributed by atoms with Crippen LogP contribution in [-0.4, -0.2) is 36.4 Å². The van der Waals surface area contributed by atoms with Crippen LogP contribution in [0.15, 0.2) is 48.5 Å². The molecule has 0 aliphatic carbocycles. The molecule has 0 unspecified atom stereocenters. The van der Waals surface area contributed by atoms with Gasteiger partial charge in [-0.05, 0) is 35.9 Å². The summed E-state index contributed by atoms with van der Waals surface area (Å²) >= 11 is 0. The SMILES string of the molecule is COc1ccc(NC(=O)c2ccccc2CN2C(=O)CNC2=O)cc1. The summed E-state index contributed by atoms with van der Waals surface area (Å²) in [6, 6.07) is 13.4. The second kappa shape index (κ2) is 7.04. The normalized spacial score (nSPS) is 13.6. The Balaban J connectivity index is 1.78. The van der Waals surface area contributed by atoms with Crippen molar-refractivity contribution in [3.63, 3.8) is 0 Å². The van der Waals surface area contributed by atoms with E-state index in [0.29, 0.717) is 22.6 Å². The molecule has 0 atom stereocenters. The highest BCUT2D eigenvalue weighted by Crippen LogP contribution is 2.18. The second-order valence-electron chi connectivity index (χ2n) is 5.48. The van der Waals surface area contributed by atoms with Crippen molar-refractivity contribution < 1.29 is 19.1 Å². The summed E-state index contributed by atoms with van der Waals surface area (Å²) in [5, 5.41) is 5.26. The van der Waals surface area contributed by atoms with Gasteiger partial charge in [0.1, 0.15) is 5.75 Å². The highest BCUT2D eigenvalue weighted by Gasteiger charge is 2.29. The minimum atomic E-state index is -0.449. The molecule has 1 aliphatic heterocycles. The molecule has 0 bridgehead atoms. The van der Waals surface area contributed by atoms with E-state index in [0.717, 1.165) is 4.90 Å². The summed E-state index contributed by atoms with van der Waals surface area (Å²) < 4.78 is 5.08. The van der Waals surface area contributed by atoms with E-state index in [-0.39, 0.29) is 24.9 Å². The van der Waals surface area contributed by atoms with Crippen LogP contribution in [0.5, 0.6) is 5.75 Å². The zero-order chi connectivity index (χ0) is 17.8. The predicted molar refractivity (Wildman–Crippen MR) is 91.3 cm³/mol. The first kappa shape index (κ1) is 16.5. The summed E-state index contributed by atoms with van der Waals surface area (Å²) in [6.45, 7) is 0.0376. The molecule has 7 heteroatoms. The highest BCUT2D eigenvalue weighted by molar-refractivity contribution is 6.06. The smallest absolute Gasteiger partial charge is 0.324 e. The van der Waals surface area contributed by atoms with Crippen molar-refractivity contribution in [1.82, 2.24) is 10.2 Å². The van der Waals surface area contributed by atoms with Gasteiger partial charge in [0.15, 0.2) is 0 Å². The maximum absolute atomic E-state index is 12.6. The van der Waals surface area contributed by atoms with Crippen LogP contribution in [0.2, 0.25) is 0 Å². The van der Waals surface area contributed by atoms with Gasteiger partial charge in [-0.25, -0.2) is 4.79 Å². The molecule has 2 aromatic carbocycles. The Morgan fingerprint density at radius 2 is 1.88 bits per heavy atom. The average Bonchev–Trinajstić information content (AvgIpc) is 2.95. The number of anilines is 1. The van der Waals surface area contributed by atoms with Gasteiger partial charge in [-0.2, -0.15) is 0 Å². The molecule has 2 N–H and O–H groups in total. The molecule has 1 aliphatic rings. The molecule has 3 rings (SSSR count). The Hall–Kier alpha value is -3.35. The number of benzene rings is 2. The number of imide groups is 1. The number of hydrogen-bond acceptors (Lipinski definition) is 4. The maximum Gasteiger partial charge on any atom is 0.324 e. The van der Waals surface area contributed by atoms with Crippen LogP contribution in [0.4, 0.5) is 10.5 Å². The van der Waals surface area contributed by atoms with Gasteiger partial charge in [-0.1, -0.05) is 18.2 Å². The first-order chi connectivity index (χ1) is 12.1. The summed E-state index contributed by atoms with van der Waals surface area (Å²) in [4.78, 5) is 37.1. The van der Waals surface area contributed by atoms with Gasteiger partial charge in [0, 0.05) is 11.3 Å². The lowest BCUT2D eigenvalue weighted by atomic mass is 10.1. The van der Waals surface area contributed by atoms with Crippen molar-refractivity contribution >= 4 is 23.5 Å². The van der Waals surface area contributed by atoms with Crippen LogP contribution in [-0.2, 0) is 11.3 Å². The maximum atomic E-state index is 12.6. The van der Waals surface area contributed by atoms with Gasteiger partial charge in [-0.3, -0.25) is 14.5 Å². The molecule has 0 radical (unpaired) electrons. The van der Waals surface area contributed by atoms with Gasteiger partial charge in [0.05, 0.1) is 20.2 Å². The topological polar surface area (TPSA) is 87.7 Å². The van der Waals surface area contributed by atoms with Crippen molar-refractivity contribution in [1.29, 1.82) is 0 Å². The Kier molecular flexibility index (Phi) is 4.65. The summed E-state index contributed by atoms with van der Waals surface area (Å²) in [6.07, 6.45) is 0. The van der Waals surface area contributed by atoms with Crippen LogP contribution in [0.3, 0.4) is 0 Å². The van der Waals surface area contributed by atoms with E-state index in [1.165, 1.54) is 0 Å². The first-order valence-electron chi connectivity index (χ1n) is 7.70. The molecular weight excluding hydrogens is 322 g/mol. The van der Waals surface area contributed by atoms with Gasteiger partial charge in [0.25, 0.3) is 5.91 Å². The zero-order valence-corrected chi connectivity index (χ0v) is 13.6. The Labute approximate surface area is 144 Å². The minimum absolute atomic E-state index is 0.0148. The van der Waals surface area contributed by atoms with Crippen molar-refractivity contribution in [2.75, 3.05) is 19.0 Å². The molecule has 25 heavy (non-hydrogen) atoms. The lowest BCUT2D eigenvalue weighted by molar-refractivity contribution is -0.125. The number of carbonyl (C=O) groups excluding carboxylic acids is 3. The third kappa shape index (κ3) is 3.60. The van der Waals surface area contributed by atoms with Crippen LogP contribution in [0.1, 0.15) is 15.9 Å². The van der Waals surface area contributed by atoms with E-state index in [4.69, 9.17) is 4.74 Å². The number of nitrogens with one attached hydrogen (secondary N) is 2. The molecule has 2 aromatic rings. The number of ether oxygens (including phenoxy) is 1. The van der Waals surface area contributed by atoms with Crippen molar-refractivity contribution in [2.45, 2.75) is 6.54 Å². The van der Waals surface area contributed by atoms with E-state index < -0.39 is 6.03 Å². The van der Waals surface area contributed by atoms with E-state index in [1.807, 2.05) is 0 Å². The predicted octanol–water partition coefficient (Wildman–Crippen LogP) is 2.00. The van der Waals surface area contributed by atoms with Crippen molar-refractivity contribution in [2.24, 2.45) is 0 Å². The quantitative estimate of drug-likeness (QED) is 0.816. The molecule has 4 amide bonds. The fraction of sp³-hybridized carbons (Fsp3) is 0.167. The standard InChI is InChI=1S/C18H17N3O4/c1-25-14-8-6-13(7-9-14)20-17(23)15-5-3-2-4-12(15)11-21-16(22)10-19-18(21)24/h2-9H,10-11H2,1H3,(H,19,24)(H,20,23). The van der Waals surface area contributed by atoms with Gasteiger partial charge in [-0.15, -0.1) is 0 Å². The fourth-order valence-electron chi connectivity index (χ4n) is 2.54. The molecule has 7 nitrogen and oxygen atoms in total. The molecule has 128 valence electrons. The monoisotopic (exact) mass is 339 g/mol. The van der Waals surface area contributed by atoms with Crippen LogP contribution in [0, 0.1) is 0 Å². The molecule has 0 saturated carbocycles. The van der Waals surface area contributed by atoms with Crippen LogP contribution in [0.25, 0.3) is 0 Å². The van der Waals surface area contributed by atoms with Crippen LogP contribution < -0.4 is 15.4 Å². The zero-order valence-electron chi connectivity index (χ0n) is 13.6. The number of hydrogen-bond donors (Lipinski definition) is 2. The number of carbonyl (C=O) groups is 3. The summed E-state index contributed by atoms with van der Waals surface area (Å²) in [5.41, 5.74) is 1.63. The number of nitrogens with zero attached hydrogens (tertiary/aromatic N) is 1. The molecule has 1 fully saturated rings. The Bertz CT molecular complexity index is 801. The van der Waals surface area contributed by atoms with E-state index in [1.54, 1.807) is 55.6 Å². The van der Waals surface area contributed by atoms with Crippen molar-refractivity contribution in [3.8, 4) is 5.75 Å². The lowest BCUT2D eigenvalue weighted by Crippen LogP contribution is -2.31. The van der Waals surface area contributed by atoms with Crippen LogP contribution >= 0.6 is 0 Å². The second-order valence-corrected chi connectivity index (χ2v) is 5.48. The van der Waals surface area contributed by atoms with E-state index in [2.05, 4.69) is 10.6 Å². The summed E-state index contributed by atoms with van der Waals surface area (Å²) in [7, 11) is 1.57. The van der Waals surface area contributed by atoms with E-state index >= 15 is 0 Å².